The summed E-state index contributed by atoms with van der Waals surface area (Å²) in [5, 5.41) is 0. The quantitative estimate of drug-likeness (QED) is 0.568. The summed E-state index contributed by atoms with van der Waals surface area (Å²) >= 11 is 0. The van der Waals surface area contributed by atoms with Crippen LogP contribution in [0, 0.1) is 5.82 Å². The highest BCUT2D eigenvalue weighted by atomic mass is 19.1. The second kappa shape index (κ2) is 9.72. The maximum atomic E-state index is 13.2. The molecule has 1 amide bonds. The zero-order chi connectivity index (χ0) is 23.4. The van der Waals surface area contributed by atoms with Crippen molar-refractivity contribution < 1.29 is 23.4 Å². The maximum absolute atomic E-state index is 13.2. The first kappa shape index (κ1) is 22.3. The van der Waals surface area contributed by atoms with Crippen LogP contribution in [0.25, 0.3) is 11.3 Å². The van der Waals surface area contributed by atoms with Gasteiger partial charge in [-0.25, -0.2) is 14.4 Å². The monoisotopic (exact) mass is 452 g/mol. The van der Waals surface area contributed by atoms with Gasteiger partial charge in [-0.1, -0.05) is 0 Å². The van der Waals surface area contributed by atoms with Crippen LogP contribution in [0.3, 0.4) is 0 Å². The summed E-state index contributed by atoms with van der Waals surface area (Å²) in [5.74, 6) is 1.69. The fourth-order valence-corrected chi connectivity index (χ4v) is 3.82. The van der Waals surface area contributed by atoms with Gasteiger partial charge in [0.15, 0.2) is 11.5 Å². The molecule has 0 unspecified atom stereocenters. The Hall–Kier alpha value is -3.88. The van der Waals surface area contributed by atoms with E-state index in [2.05, 4.69) is 14.9 Å². The lowest BCUT2D eigenvalue weighted by molar-refractivity contribution is 0.0745. The van der Waals surface area contributed by atoms with Crippen molar-refractivity contribution in [1.82, 2.24) is 14.9 Å². The highest BCUT2D eigenvalue weighted by Gasteiger charge is 2.25. The zero-order valence-corrected chi connectivity index (χ0v) is 18.7. The van der Waals surface area contributed by atoms with Gasteiger partial charge in [-0.15, -0.1) is 0 Å². The van der Waals surface area contributed by atoms with E-state index in [9.17, 15) is 9.18 Å². The summed E-state index contributed by atoms with van der Waals surface area (Å²) in [5.41, 5.74) is 2.01. The number of nitrogens with zero attached hydrogens (tertiary/aromatic N) is 4. The summed E-state index contributed by atoms with van der Waals surface area (Å²) in [4.78, 5) is 25.7. The number of carbonyl (C=O) groups excluding carboxylic acids is 1. The Morgan fingerprint density at radius 1 is 0.879 bits per heavy atom. The molecule has 0 atom stereocenters. The van der Waals surface area contributed by atoms with Crippen molar-refractivity contribution in [2.45, 2.75) is 0 Å². The largest absolute Gasteiger partial charge is 0.493 e. The summed E-state index contributed by atoms with van der Waals surface area (Å²) in [6.45, 7) is 2.31. The average molecular weight is 452 g/mol. The number of amides is 1. The van der Waals surface area contributed by atoms with Crippen molar-refractivity contribution in [3.63, 3.8) is 0 Å². The molecule has 2 aromatic carbocycles. The molecule has 9 heteroatoms. The van der Waals surface area contributed by atoms with Crippen molar-refractivity contribution in [2.24, 2.45) is 0 Å². The molecule has 0 N–H and O–H groups in total. The number of methoxy groups -OCH3 is 3. The lowest BCUT2D eigenvalue weighted by Crippen LogP contribution is -2.49. The molecule has 33 heavy (non-hydrogen) atoms. The summed E-state index contributed by atoms with van der Waals surface area (Å²) in [6.07, 6.45) is 1.50. The zero-order valence-electron chi connectivity index (χ0n) is 18.7. The van der Waals surface area contributed by atoms with Gasteiger partial charge in [0, 0.05) is 43.4 Å². The van der Waals surface area contributed by atoms with Crippen LogP contribution >= 0.6 is 0 Å². The van der Waals surface area contributed by atoms with E-state index in [0.29, 0.717) is 49.0 Å². The molecule has 0 aliphatic carbocycles. The van der Waals surface area contributed by atoms with Gasteiger partial charge in [0.1, 0.15) is 18.0 Å². The molecule has 8 nitrogen and oxygen atoms in total. The van der Waals surface area contributed by atoms with Crippen molar-refractivity contribution >= 4 is 11.7 Å². The molecular weight excluding hydrogens is 427 g/mol. The molecule has 2 heterocycles. The van der Waals surface area contributed by atoms with Crippen LogP contribution in [0.4, 0.5) is 10.2 Å². The number of piperazine rings is 1. The third-order valence-electron chi connectivity index (χ3n) is 5.60. The highest BCUT2D eigenvalue weighted by molar-refractivity contribution is 5.95. The summed E-state index contributed by atoms with van der Waals surface area (Å²) in [7, 11) is 4.56. The third kappa shape index (κ3) is 4.67. The number of carbonyl (C=O) groups is 1. The number of hydrogen-bond acceptors (Lipinski definition) is 7. The number of hydrogen-bond donors (Lipinski definition) is 0. The fourth-order valence-electron chi connectivity index (χ4n) is 3.82. The number of halogens is 1. The van der Waals surface area contributed by atoms with Gasteiger partial charge in [-0.05, 0) is 36.4 Å². The van der Waals surface area contributed by atoms with Crippen molar-refractivity contribution in [2.75, 3.05) is 52.4 Å². The van der Waals surface area contributed by atoms with Crippen LogP contribution in [-0.4, -0.2) is 68.3 Å². The van der Waals surface area contributed by atoms with E-state index in [0.717, 1.165) is 17.1 Å². The molecule has 0 saturated carbocycles. The first-order valence-corrected chi connectivity index (χ1v) is 10.5. The van der Waals surface area contributed by atoms with E-state index in [1.807, 2.05) is 6.07 Å². The van der Waals surface area contributed by atoms with Crippen LogP contribution in [0.5, 0.6) is 17.2 Å². The van der Waals surface area contributed by atoms with E-state index >= 15 is 0 Å². The lowest BCUT2D eigenvalue weighted by atomic mass is 10.1. The van der Waals surface area contributed by atoms with Gasteiger partial charge < -0.3 is 24.0 Å². The van der Waals surface area contributed by atoms with E-state index in [4.69, 9.17) is 14.2 Å². The van der Waals surface area contributed by atoms with Crippen molar-refractivity contribution in [3.8, 4) is 28.5 Å². The average Bonchev–Trinajstić information content (AvgIpc) is 2.88. The van der Waals surface area contributed by atoms with E-state index in [1.165, 1.54) is 39.8 Å². The molecule has 1 fully saturated rings. The molecule has 0 bridgehead atoms. The Morgan fingerprint density at radius 3 is 2.09 bits per heavy atom. The van der Waals surface area contributed by atoms with Crippen LogP contribution in [0.2, 0.25) is 0 Å². The Balaban J connectivity index is 1.47. The normalized spacial score (nSPS) is 13.6. The second-order valence-corrected chi connectivity index (χ2v) is 7.46. The Bertz CT molecular complexity index is 1110. The number of aromatic nitrogens is 2. The topological polar surface area (TPSA) is 77.0 Å². The van der Waals surface area contributed by atoms with E-state index in [-0.39, 0.29) is 11.7 Å². The highest BCUT2D eigenvalue weighted by Crippen LogP contribution is 2.38. The number of ether oxygens (including phenoxy) is 3. The van der Waals surface area contributed by atoms with Crippen LogP contribution in [0.15, 0.2) is 48.8 Å². The minimum atomic E-state index is -0.291. The SMILES string of the molecule is COc1cc(C(=O)N2CCN(c3cc(-c4ccc(F)cc4)ncn3)CC2)cc(OC)c1OC. The van der Waals surface area contributed by atoms with Crippen molar-refractivity contribution in [3.05, 3.63) is 60.2 Å². The molecule has 0 spiro atoms. The third-order valence-corrected chi connectivity index (χ3v) is 5.60. The molecule has 172 valence electrons. The molecular formula is C24H25FN4O4. The van der Waals surface area contributed by atoms with Crippen molar-refractivity contribution in [1.29, 1.82) is 0 Å². The fraction of sp³-hybridized carbons (Fsp3) is 0.292. The minimum Gasteiger partial charge on any atom is -0.493 e. The van der Waals surface area contributed by atoms with E-state index in [1.54, 1.807) is 29.2 Å². The smallest absolute Gasteiger partial charge is 0.254 e. The molecule has 0 radical (unpaired) electrons. The predicted octanol–water partition coefficient (Wildman–Crippen LogP) is 3.27. The van der Waals surface area contributed by atoms with Crippen LogP contribution in [-0.2, 0) is 0 Å². The lowest BCUT2D eigenvalue weighted by Gasteiger charge is -2.35. The van der Waals surface area contributed by atoms with Gasteiger partial charge in [0.2, 0.25) is 5.75 Å². The van der Waals surface area contributed by atoms with Crippen LogP contribution < -0.4 is 19.1 Å². The van der Waals surface area contributed by atoms with Gasteiger partial charge in [-0.2, -0.15) is 0 Å². The van der Waals surface area contributed by atoms with Crippen LogP contribution in [0.1, 0.15) is 10.4 Å². The summed E-state index contributed by atoms with van der Waals surface area (Å²) < 4.78 is 29.3. The maximum Gasteiger partial charge on any atom is 0.254 e. The number of rotatable bonds is 6. The first-order valence-electron chi connectivity index (χ1n) is 10.5. The summed E-state index contributed by atoms with van der Waals surface area (Å²) in [6, 6.07) is 11.4. The van der Waals surface area contributed by atoms with Gasteiger partial charge in [0.25, 0.3) is 5.91 Å². The van der Waals surface area contributed by atoms with E-state index < -0.39 is 0 Å². The second-order valence-electron chi connectivity index (χ2n) is 7.46. The molecule has 1 saturated heterocycles. The Labute approximate surface area is 191 Å². The molecule has 1 aromatic heterocycles. The van der Waals surface area contributed by atoms with Gasteiger partial charge in [-0.3, -0.25) is 4.79 Å². The molecule has 3 aromatic rings. The number of benzene rings is 2. The first-order chi connectivity index (χ1) is 16.0. The standard InChI is InChI=1S/C24H25FN4O4/c1-31-20-12-17(13-21(32-2)23(20)33-3)24(30)29-10-8-28(9-11-29)22-14-19(26-15-27-22)16-4-6-18(25)7-5-16/h4-7,12-15H,8-11H2,1-3H3. The molecule has 4 rings (SSSR count). The van der Waals surface area contributed by atoms with Gasteiger partial charge >= 0.3 is 0 Å². The Morgan fingerprint density at radius 2 is 1.52 bits per heavy atom. The number of anilines is 1. The minimum absolute atomic E-state index is 0.108. The molecule has 1 aliphatic rings. The predicted molar refractivity (Wildman–Crippen MR) is 122 cm³/mol. The van der Waals surface area contributed by atoms with Gasteiger partial charge in [0.05, 0.1) is 27.0 Å². The Kier molecular flexibility index (Phi) is 6.58. The molecule has 1 aliphatic heterocycles.